The molecule has 2 saturated heterocycles. The number of nitrogens with zero attached hydrogens (tertiary/aromatic N) is 2. The summed E-state index contributed by atoms with van der Waals surface area (Å²) >= 11 is 0. The van der Waals surface area contributed by atoms with Crippen LogP contribution in [-0.2, 0) is 4.79 Å². The van der Waals surface area contributed by atoms with Gasteiger partial charge in [-0.1, -0.05) is 0 Å². The molecule has 116 valence electrons. The summed E-state index contributed by atoms with van der Waals surface area (Å²) in [6, 6.07) is 0. The average Bonchev–Trinajstić information content (AvgIpc) is 2.96. The van der Waals surface area contributed by atoms with E-state index in [0.29, 0.717) is 0 Å². The molecule has 2 fully saturated rings. The molecule has 0 bridgehead atoms. The molecule has 0 amide bonds. The Bertz CT molecular complexity index is 338. The van der Waals surface area contributed by atoms with E-state index in [0.717, 1.165) is 22.1 Å². The lowest BCUT2D eigenvalue weighted by molar-refractivity contribution is -0.896. The molecule has 0 spiro atoms. The van der Waals surface area contributed by atoms with Gasteiger partial charge in [0.05, 0.1) is 55.4 Å². The second kappa shape index (κ2) is 5.32. The summed E-state index contributed by atoms with van der Waals surface area (Å²) in [5.74, 6) is 0.150. The van der Waals surface area contributed by atoms with Gasteiger partial charge in [0.2, 0.25) is 0 Å². The van der Waals surface area contributed by atoms with E-state index in [1.807, 2.05) is 0 Å². The molecule has 0 aliphatic carbocycles. The van der Waals surface area contributed by atoms with Crippen LogP contribution in [0, 0.1) is 0 Å². The monoisotopic (exact) mass is 286 g/mol. The summed E-state index contributed by atoms with van der Waals surface area (Å²) in [4.78, 5) is 12.5. The Labute approximate surface area is 121 Å². The van der Waals surface area contributed by atoms with Crippen LogP contribution in [-0.4, -0.2) is 94.8 Å². The first-order chi connectivity index (χ1) is 9.09. The van der Waals surface area contributed by atoms with Crippen LogP contribution in [0.4, 0.5) is 0 Å². The van der Waals surface area contributed by atoms with Crippen molar-refractivity contribution in [3.63, 3.8) is 0 Å². The highest BCUT2D eigenvalue weighted by Crippen LogP contribution is 2.10. The highest BCUT2D eigenvalue weighted by atomic mass is 16.1. The molecule has 2 rings (SSSR count). The van der Waals surface area contributed by atoms with Crippen molar-refractivity contribution in [3.05, 3.63) is 0 Å². The van der Waals surface area contributed by atoms with Crippen molar-refractivity contribution in [2.24, 2.45) is 0 Å². The van der Waals surface area contributed by atoms with Crippen molar-refractivity contribution in [3.8, 4) is 0 Å². The predicted molar refractivity (Wildman–Crippen MR) is 78.5 cm³/mol. The van der Waals surface area contributed by atoms with Crippen LogP contribution in [0.2, 0.25) is 0 Å². The van der Waals surface area contributed by atoms with Crippen LogP contribution in [0.5, 0.6) is 0 Å². The number of nitrogens with one attached hydrogen (secondary N) is 4. The zero-order chi connectivity index (χ0) is 15.1. The largest absolute Gasteiger partial charge is 0.315 e. The maximum atomic E-state index is 12.5. The molecule has 20 heavy (non-hydrogen) atoms. The zero-order valence-electron chi connectivity index (χ0n) is 13.5. The average molecular weight is 286 g/mol. The van der Waals surface area contributed by atoms with Gasteiger partial charge in [-0.25, -0.2) is 10.6 Å². The molecule has 7 nitrogen and oxygen atoms in total. The number of hydrogen-bond acceptors (Lipinski definition) is 5. The molecule has 0 radical (unpaired) electrons. The van der Waals surface area contributed by atoms with E-state index in [4.69, 9.17) is 0 Å². The first kappa shape index (κ1) is 15.8. The zero-order valence-corrected chi connectivity index (χ0v) is 13.5. The lowest BCUT2D eigenvalue weighted by Crippen LogP contribution is -2.58. The third-order valence-corrected chi connectivity index (χ3v) is 4.19. The SMILES string of the molecule is C[N+](C)(C)C1CNC(C(=O)C2NCC([N+](C)(C)C)N2)N1. The fourth-order valence-electron chi connectivity index (χ4n) is 2.61. The van der Waals surface area contributed by atoms with Crippen LogP contribution >= 0.6 is 0 Å². The summed E-state index contributed by atoms with van der Waals surface area (Å²) < 4.78 is 1.59. The highest BCUT2D eigenvalue weighted by Gasteiger charge is 2.42. The third-order valence-electron chi connectivity index (χ3n) is 4.19. The Hall–Kier alpha value is -0.570. The fourth-order valence-corrected chi connectivity index (χ4v) is 2.61. The minimum atomic E-state index is -0.270. The van der Waals surface area contributed by atoms with E-state index < -0.39 is 0 Å². The van der Waals surface area contributed by atoms with E-state index in [1.54, 1.807) is 0 Å². The Kier molecular flexibility index (Phi) is 4.21. The third kappa shape index (κ3) is 3.36. The topological polar surface area (TPSA) is 65.2 Å². The molecule has 4 unspecified atom stereocenters. The summed E-state index contributed by atoms with van der Waals surface area (Å²) in [5, 5.41) is 13.3. The van der Waals surface area contributed by atoms with Crippen molar-refractivity contribution in [1.29, 1.82) is 0 Å². The molecule has 2 aliphatic heterocycles. The summed E-state index contributed by atoms with van der Waals surface area (Å²) in [6.45, 7) is 1.62. The molecule has 0 aromatic heterocycles. The molecule has 0 saturated carbocycles. The second-order valence-electron chi connectivity index (χ2n) is 7.68. The molecule has 4 N–H and O–H groups in total. The van der Waals surface area contributed by atoms with Gasteiger partial charge >= 0.3 is 0 Å². The first-order valence-corrected chi connectivity index (χ1v) is 7.24. The van der Waals surface area contributed by atoms with E-state index in [-0.39, 0.29) is 30.4 Å². The van der Waals surface area contributed by atoms with Gasteiger partial charge in [0.1, 0.15) is 12.3 Å². The quantitative estimate of drug-likeness (QED) is 0.436. The van der Waals surface area contributed by atoms with Crippen LogP contribution in [0.3, 0.4) is 0 Å². The van der Waals surface area contributed by atoms with Crippen molar-refractivity contribution >= 4 is 5.78 Å². The highest BCUT2D eigenvalue weighted by molar-refractivity contribution is 5.89. The maximum Gasteiger partial charge on any atom is 0.195 e. The maximum absolute atomic E-state index is 12.5. The smallest absolute Gasteiger partial charge is 0.195 e. The molecular formula is C13H30N6O+2. The second-order valence-corrected chi connectivity index (χ2v) is 7.68. The van der Waals surface area contributed by atoms with Crippen molar-refractivity contribution < 1.29 is 13.8 Å². The standard InChI is InChI=1S/C13H30N6O/c1-18(2,3)9-7-14-12(16-9)11(20)13-15-8-10(17-13)19(4,5)6/h9-10,12-17H,7-8H2,1-6H3/q+2. The van der Waals surface area contributed by atoms with Gasteiger partial charge in [0.25, 0.3) is 0 Å². The number of Topliss-reactive ketones (excluding diaryl/α,β-unsaturated/α-hetero) is 1. The van der Waals surface area contributed by atoms with Gasteiger partial charge in [0.15, 0.2) is 18.1 Å². The summed E-state index contributed by atoms with van der Waals surface area (Å²) in [6.07, 6.45) is -0.0127. The van der Waals surface area contributed by atoms with E-state index >= 15 is 0 Å². The van der Waals surface area contributed by atoms with E-state index in [1.165, 1.54) is 0 Å². The van der Waals surface area contributed by atoms with Gasteiger partial charge in [0, 0.05) is 0 Å². The van der Waals surface area contributed by atoms with Gasteiger partial charge in [-0.2, -0.15) is 0 Å². The molecule has 0 aromatic rings. The number of likely N-dealkylation sites (N-methyl/N-ethyl adjacent to an activating group) is 2. The van der Waals surface area contributed by atoms with Crippen LogP contribution in [0.15, 0.2) is 0 Å². The molecular weight excluding hydrogens is 256 g/mol. The lowest BCUT2D eigenvalue weighted by atomic mass is 10.2. The van der Waals surface area contributed by atoms with E-state index in [9.17, 15) is 4.79 Å². The molecule has 0 aromatic carbocycles. The number of hydrogen-bond donors (Lipinski definition) is 4. The Balaban J connectivity index is 1.91. The van der Waals surface area contributed by atoms with Gasteiger partial charge in [-0.15, -0.1) is 0 Å². The minimum absolute atomic E-state index is 0.150. The lowest BCUT2D eigenvalue weighted by Gasteiger charge is -2.31. The van der Waals surface area contributed by atoms with Crippen LogP contribution < -0.4 is 21.3 Å². The summed E-state index contributed by atoms with van der Waals surface area (Å²) in [5.41, 5.74) is 0. The fraction of sp³-hybridized carbons (Fsp3) is 0.923. The van der Waals surface area contributed by atoms with Gasteiger partial charge in [-0.3, -0.25) is 15.4 Å². The molecule has 2 aliphatic rings. The van der Waals surface area contributed by atoms with Crippen molar-refractivity contribution in [2.45, 2.75) is 24.7 Å². The summed E-state index contributed by atoms with van der Waals surface area (Å²) in [7, 11) is 12.8. The van der Waals surface area contributed by atoms with Gasteiger partial charge in [-0.05, 0) is 0 Å². The molecule has 2 heterocycles. The number of ketones is 1. The minimum Gasteiger partial charge on any atom is -0.315 e. The van der Waals surface area contributed by atoms with Crippen molar-refractivity contribution in [1.82, 2.24) is 21.3 Å². The molecule has 7 heteroatoms. The predicted octanol–water partition coefficient (Wildman–Crippen LogP) is -2.34. The Morgan fingerprint density at radius 3 is 1.40 bits per heavy atom. The van der Waals surface area contributed by atoms with Crippen molar-refractivity contribution in [2.75, 3.05) is 55.4 Å². The number of carbonyl (C=O) groups excluding carboxylic acids is 1. The first-order valence-electron chi connectivity index (χ1n) is 7.24. The van der Waals surface area contributed by atoms with E-state index in [2.05, 4.69) is 63.6 Å². The number of rotatable bonds is 4. The number of quaternary nitrogens is 2. The Morgan fingerprint density at radius 2 is 1.15 bits per heavy atom. The van der Waals surface area contributed by atoms with Crippen LogP contribution in [0.1, 0.15) is 0 Å². The Morgan fingerprint density at radius 1 is 0.800 bits per heavy atom. The van der Waals surface area contributed by atoms with Gasteiger partial charge < -0.3 is 8.97 Å². The number of carbonyl (C=O) groups is 1. The molecule has 4 atom stereocenters. The normalized spacial score (nSPS) is 35.5. The van der Waals surface area contributed by atoms with Crippen LogP contribution in [0.25, 0.3) is 0 Å².